The highest BCUT2D eigenvalue weighted by Crippen LogP contribution is 2.02. The Morgan fingerprint density at radius 1 is 1.50 bits per heavy atom. The third-order valence-electron chi connectivity index (χ3n) is 1.04. The molecule has 0 aliphatic rings. The molecule has 0 nitrogen and oxygen atoms in total. The van der Waals surface area contributed by atoms with Gasteiger partial charge < -0.3 is 0 Å². The summed E-state index contributed by atoms with van der Waals surface area (Å²) in [5, 5.41) is 0. The van der Waals surface area contributed by atoms with Gasteiger partial charge in [-0.3, -0.25) is 0 Å². The Balaban J connectivity index is 0. The van der Waals surface area contributed by atoms with Crippen LogP contribution < -0.4 is 0 Å². The maximum absolute atomic E-state index is 3.85. The zero-order valence-corrected chi connectivity index (χ0v) is 6.06. The summed E-state index contributed by atoms with van der Waals surface area (Å²) in [5.41, 5.74) is 1.18. The molecular weight excluding hydrogens is 120 g/mol. The minimum absolute atomic E-state index is 0. The van der Waals surface area contributed by atoms with Gasteiger partial charge >= 0.3 is 0 Å². The van der Waals surface area contributed by atoms with Crippen LogP contribution in [0.5, 0.6) is 0 Å². The summed E-state index contributed by atoms with van der Waals surface area (Å²) in [6.45, 7) is 9.56. The molecule has 0 saturated carbocycles. The van der Waals surface area contributed by atoms with E-state index >= 15 is 0 Å². The number of rotatable bonds is 4. The van der Waals surface area contributed by atoms with E-state index in [4.69, 9.17) is 0 Å². The Bertz CT molecular complexity index is 118. The Kier molecular flexibility index (Phi) is 9.82. The molecule has 0 amide bonds. The topological polar surface area (TPSA) is 0 Å². The van der Waals surface area contributed by atoms with Gasteiger partial charge in [0.25, 0.3) is 0 Å². The van der Waals surface area contributed by atoms with Gasteiger partial charge in [0, 0.05) is 0 Å². The van der Waals surface area contributed by atoms with Crippen LogP contribution in [0, 0.1) is 0 Å². The summed E-state index contributed by atoms with van der Waals surface area (Å²) in [6.07, 6.45) is 7.93. The molecular formula is C10H18. The highest BCUT2D eigenvalue weighted by Gasteiger charge is 1.81. The smallest absolute Gasteiger partial charge is 0.0287 e. The van der Waals surface area contributed by atoms with Crippen molar-refractivity contribution < 1.29 is 0 Å². The molecule has 0 aliphatic carbocycles. The van der Waals surface area contributed by atoms with E-state index in [1.54, 1.807) is 6.08 Å². The lowest BCUT2D eigenvalue weighted by atomic mass is 10.2. The minimum atomic E-state index is 0. The first kappa shape index (κ1) is 12.0. The Hall–Kier alpha value is -0.780. The van der Waals surface area contributed by atoms with Crippen LogP contribution >= 0.6 is 0 Å². The van der Waals surface area contributed by atoms with Gasteiger partial charge in [0.2, 0.25) is 0 Å². The Labute approximate surface area is 65.0 Å². The molecule has 0 aromatic carbocycles. The lowest BCUT2D eigenvalue weighted by Gasteiger charge is -1.91. The fraction of sp³-hybridized carbons (Fsp3) is 0.400. The van der Waals surface area contributed by atoms with Crippen molar-refractivity contribution in [1.29, 1.82) is 0 Å². The summed E-state index contributed by atoms with van der Waals surface area (Å²) in [4.78, 5) is 0. The maximum atomic E-state index is 3.85. The highest BCUT2D eigenvalue weighted by atomic mass is 13.9. The molecule has 0 aromatic rings. The van der Waals surface area contributed by atoms with E-state index in [-0.39, 0.29) is 7.43 Å². The van der Waals surface area contributed by atoms with Crippen LogP contribution in [0.1, 0.15) is 27.2 Å². The summed E-state index contributed by atoms with van der Waals surface area (Å²) < 4.78 is 0. The van der Waals surface area contributed by atoms with Crippen LogP contribution in [0.15, 0.2) is 37.0 Å². The van der Waals surface area contributed by atoms with E-state index in [2.05, 4.69) is 20.1 Å². The van der Waals surface area contributed by atoms with Crippen molar-refractivity contribution in [3.63, 3.8) is 0 Å². The molecule has 0 heteroatoms. The van der Waals surface area contributed by atoms with Gasteiger partial charge in [0.1, 0.15) is 0 Å². The van der Waals surface area contributed by atoms with Crippen molar-refractivity contribution >= 4 is 0 Å². The molecule has 0 aromatic heterocycles. The van der Waals surface area contributed by atoms with Gasteiger partial charge in [0.05, 0.1) is 0 Å². The molecule has 0 aliphatic heterocycles. The van der Waals surface area contributed by atoms with Crippen molar-refractivity contribution in [2.75, 3.05) is 0 Å². The highest BCUT2D eigenvalue weighted by molar-refractivity contribution is 5.17. The molecule has 0 saturated heterocycles. The molecule has 0 radical (unpaired) electrons. The zero-order valence-electron chi connectivity index (χ0n) is 6.06. The lowest BCUT2D eigenvalue weighted by Crippen LogP contribution is -1.71. The molecule has 0 unspecified atom stereocenters. The van der Waals surface area contributed by atoms with Crippen molar-refractivity contribution in [2.24, 2.45) is 0 Å². The molecule has 0 N–H and O–H groups in total. The Morgan fingerprint density at radius 2 is 2.10 bits per heavy atom. The van der Waals surface area contributed by atoms with E-state index in [9.17, 15) is 0 Å². The van der Waals surface area contributed by atoms with E-state index in [0.717, 1.165) is 6.42 Å². The SMILES string of the molecule is C.C=C/C=C\C(=C)CCC. The van der Waals surface area contributed by atoms with Crippen LogP contribution in [-0.2, 0) is 0 Å². The van der Waals surface area contributed by atoms with Crippen molar-refractivity contribution in [3.05, 3.63) is 37.0 Å². The van der Waals surface area contributed by atoms with E-state index in [1.165, 1.54) is 12.0 Å². The molecule has 58 valence electrons. The molecule has 10 heavy (non-hydrogen) atoms. The number of hydrogen-bond donors (Lipinski definition) is 0. The number of hydrogen-bond acceptors (Lipinski definition) is 0. The van der Waals surface area contributed by atoms with Crippen molar-refractivity contribution in [2.45, 2.75) is 27.2 Å². The van der Waals surface area contributed by atoms with Crippen molar-refractivity contribution in [1.82, 2.24) is 0 Å². The summed E-state index contributed by atoms with van der Waals surface area (Å²) >= 11 is 0. The standard InChI is InChI=1S/C9H14.CH4/c1-4-6-8-9(3)7-5-2;/h4,6,8H,1,3,5,7H2,2H3;1H4/b8-6-;. The first-order valence-corrected chi connectivity index (χ1v) is 3.28. The van der Waals surface area contributed by atoms with Crippen LogP contribution in [0.2, 0.25) is 0 Å². The van der Waals surface area contributed by atoms with E-state index < -0.39 is 0 Å². The minimum Gasteiger partial charge on any atom is -0.0991 e. The Morgan fingerprint density at radius 3 is 2.50 bits per heavy atom. The molecule has 0 spiro atoms. The van der Waals surface area contributed by atoms with Crippen LogP contribution in [0.4, 0.5) is 0 Å². The average molecular weight is 138 g/mol. The predicted molar refractivity (Wildman–Crippen MR) is 50.1 cm³/mol. The molecule has 0 fully saturated rings. The van der Waals surface area contributed by atoms with E-state index in [0.29, 0.717) is 0 Å². The van der Waals surface area contributed by atoms with Gasteiger partial charge in [0.15, 0.2) is 0 Å². The van der Waals surface area contributed by atoms with E-state index in [1.807, 2.05) is 12.2 Å². The largest absolute Gasteiger partial charge is 0.0991 e. The third-order valence-corrected chi connectivity index (χ3v) is 1.04. The van der Waals surface area contributed by atoms with Crippen LogP contribution in [0.25, 0.3) is 0 Å². The second-order valence-corrected chi connectivity index (χ2v) is 2.00. The molecule has 0 atom stereocenters. The third kappa shape index (κ3) is 7.22. The predicted octanol–water partition coefficient (Wildman–Crippen LogP) is 3.72. The van der Waals surface area contributed by atoms with Gasteiger partial charge in [-0.15, -0.1) is 0 Å². The molecule has 0 bridgehead atoms. The quantitative estimate of drug-likeness (QED) is 0.519. The second kappa shape index (κ2) is 8.22. The van der Waals surface area contributed by atoms with Crippen LogP contribution in [0.3, 0.4) is 0 Å². The van der Waals surface area contributed by atoms with Gasteiger partial charge in [-0.05, 0) is 6.42 Å². The normalized spacial score (nSPS) is 8.90. The first-order chi connectivity index (χ1) is 4.31. The lowest BCUT2D eigenvalue weighted by molar-refractivity contribution is 0.930. The fourth-order valence-corrected chi connectivity index (χ4v) is 0.609. The second-order valence-electron chi connectivity index (χ2n) is 2.00. The van der Waals surface area contributed by atoms with Gasteiger partial charge in [-0.1, -0.05) is 57.7 Å². The summed E-state index contributed by atoms with van der Waals surface area (Å²) in [7, 11) is 0. The number of allylic oxidation sites excluding steroid dienone is 4. The summed E-state index contributed by atoms with van der Waals surface area (Å²) in [6, 6.07) is 0. The summed E-state index contributed by atoms with van der Waals surface area (Å²) in [5.74, 6) is 0. The van der Waals surface area contributed by atoms with Gasteiger partial charge in [-0.2, -0.15) is 0 Å². The zero-order chi connectivity index (χ0) is 7.11. The first-order valence-electron chi connectivity index (χ1n) is 3.28. The molecule has 0 rings (SSSR count). The monoisotopic (exact) mass is 138 g/mol. The molecule has 0 heterocycles. The maximum Gasteiger partial charge on any atom is -0.0287 e. The van der Waals surface area contributed by atoms with Gasteiger partial charge in [-0.25, -0.2) is 0 Å². The van der Waals surface area contributed by atoms with Crippen LogP contribution in [-0.4, -0.2) is 0 Å². The fourth-order valence-electron chi connectivity index (χ4n) is 0.609. The van der Waals surface area contributed by atoms with Crippen molar-refractivity contribution in [3.8, 4) is 0 Å². The average Bonchev–Trinajstić information content (AvgIpc) is 1.85.